The van der Waals surface area contributed by atoms with E-state index >= 15 is 0 Å². The van der Waals surface area contributed by atoms with E-state index in [0.29, 0.717) is 0 Å². The van der Waals surface area contributed by atoms with Crippen LogP contribution in [-0.4, -0.2) is 13.6 Å². The van der Waals surface area contributed by atoms with Crippen LogP contribution in [-0.2, 0) is 19.1 Å². The average Bonchev–Trinajstić information content (AvgIpc) is 3.29. The van der Waals surface area contributed by atoms with E-state index in [0.717, 1.165) is 12.8 Å². The van der Waals surface area contributed by atoms with Crippen LogP contribution in [0.4, 0.5) is 0 Å². The summed E-state index contributed by atoms with van der Waals surface area (Å²) in [6.45, 7) is 7.05. The molecule has 4 rings (SSSR count). The van der Waals surface area contributed by atoms with Gasteiger partial charge < -0.3 is 0 Å². The summed E-state index contributed by atoms with van der Waals surface area (Å²) in [7, 11) is 12.9. The van der Waals surface area contributed by atoms with Crippen LogP contribution in [0.15, 0.2) is 98.0 Å². The van der Waals surface area contributed by atoms with Gasteiger partial charge in [-0.2, -0.15) is 0 Å². The van der Waals surface area contributed by atoms with E-state index in [9.17, 15) is 0 Å². The Bertz CT molecular complexity index is 1050. The fourth-order valence-electron chi connectivity index (χ4n) is 4.71. The van der Waals surface area contributed by atoms with E-state index in [1.54, 1.807) is 5.17 Å². The zero-order valence-corrected chi connectivity index (χ0v) is 23.2. The van der Waals surface area contributed by atoms with Crippen LogP contribution in [0.2, 0.25) is 13.1 Å². The van der Waals surface area contributed by atoms with Gasteiger partial charge in [-0.15, -0.1) is 0 Å². The van der Waals surface area contributed by atoms with Gasteiger partial charge in [0.25, 0.3) is 0 Å². The molecule has 0 radical (unpaired) electrons. The number of halogens is 2. The molecule has 1 aromatic rings. The minimum atomic E-state index is -2.83. The van der Waals surface area contributed by atoms with Crippen molar-refractivity contribution in [1.29, 1.82) is 0 Å². The van der Waals surface area contributed by atoms with Crippen molar-refractivity contribution in [2.24, 2.45) is 0 Å². The van der Waals surface area contributed by atoms with Crippen LogP contribution in [0.5, 0.6) is 0 Å². The summed E-state index contributed by atoms with van der Waals surface area (Å²) >= 11 is -2.83. The molecule has 0 bridgehead atoms. The maximum absolute atomic E-state index is 6.79. The maximum atomic E-state index is 6.79. The van der Waals surface area contributed by atoms with E-state index in [1.165, 1.54) is 36.8 Å². The standard InChI is InChI=1S/C25H25Si.2ClH.Hf/c1-4-18-17-21-15-10-16-22(26(2)3)24(20-11-6-5-7-12-20)25(21)23(18)19-13-8-9-14-19;;;/h5-13,15-16,24H,4,14H2,1-3H3;2*1H;/q;;;+2/p-2. The van der Waals surface area contributed by atoms with Crippen molar-refractivity contribution in [3.8, 4) is 0 Å². The van der Waals surface area contributed by atoms with Crippen molar-refractivity contribution in [3.63, 3.8) is 0 Å². The molecule has 147 valence electrons. The molecule has 0 fully saturated rings. The molecule has 0 amide bonds. The monoisotopic (exact) mass is 603 g/mol. The molecule has 1 aromatic carbocycles. The minimum absolute atomic E-state index is 0.277. The summed E-state index contributed by atoms with van der Waals surface area (Å²) in [5, 5.41) is 1.56. The molecule has 0 saturated carbocycles. The van der Waals surface area contributed by atoms with Gasteiger partial charge in [0, 0.05) is 0 Å². The van der Waals surface area contributed by atoms with Gasteiger partial charge in [-0.1, -0.05) is 0 Å². The van der Waals surface area contributed by atoms with Gasteiger partial charge in [-0.25, -0.2) is 0 Å². The third-order valence-corrected chi connectivity index (χ3v) is 14.0. The van der Waals surface area contributed by atoms with E-state index in [4.69, 9.17) is 17.2 Å². The van der Waals surface area contributed by atoms with Gasteiger partial charge in [0.1, 0.15) is 0 Å². The second-order valence-electron chi connectivity index (χ2n) is 7.82. The second kappa shape index (κ2) is 9.14. The Morgan fingerprint density at radius 3 is 2.41 bits per heavy atom. The first-order valence-corrected chi connectivity index (χ1v) is 23.4. The number of fused-ring (bicyclic) bond motifs is 1. The molecular weight excluding hydrogens is 578 g/mol. The summed E-state index contributed by atoms with van der Waals surface area (Å²) in [4.78, 5) is 0. The van der Waals surface area contributed by atoms with E-state index in [1.807, 2.05) is 0 Å². The Morgan fingerprint density at radius 1 is 1.07 bits per heavy atom. The van der Waals surface area contributed by atoms with Gasteiger partial charge in [0.05, 0.1) is 0 Å². The topological polar surface area (TPSA) is 0 Å². The van der Waals surface area contributed by atoms with E-state index in [2.05, 4.69) is 86.8 Å². The average molecular weight is 603 g/mol. The molecule has 0 aromatic heterocycles. The van der Waals surface area contributed by atoms with Crippen LogP contribution in [0.3, 0.4) is 0 Å². The number of benzene rings is 1. The summed E-state index contributed by atoms with van der Waals surface area (Å²) in [6.07, 6.45) is 15.6. The Labute approximate surface area is 190 Å². The van der Waals surface area contributed by atoms with Crippen LogP contribution < -0.4 is 0 Å². The zero-order valence-electron chi connectivity index (χ0n) is 17.1. The van der Waals surface area contributed by atoms with Gasteiger partial charge in [-0.05, 0) is 0 Å². The van der Waals surface area contributed by atoms with Crippen molar-refractivity contribution >= 4 is 30.7 Å². The molecule has 0 N–H and O–H groups in total. The Morgan fingerprint density at radius 2 is 1.83 bits per heavy atom. The number of rotatable bonds is 4. The van der Waals surface area contributed by atoms with Crippen molar-refractivity contribution in [2.75, 3.05) is 0 Å². The zero-order chi connectivity index (χ0) is 20.5. The summed E-state index contributed by atoms with van der Waals surface area (Å²) in [5.74, 6) is 0.277. The summed E-state index contributed by atoms with van der Waals surface area (Å²) in [5.41, 5.74) is 8.40. The third kappa shape index (κ3) is 3.94. The van der Waals surface area contributed by atoms with Crippen molar-refractivity contribution < 1.29 is 19.1 Å². The summed E-state index contributed by atoms with van der Waals surface area (Å²) < 4.78 is 1.31. The van der Waals surface area contributed by atoms with E-state index in [-0.39, 0.29) is 5.92 Å². The van der Waals surface area contributed by atoms with Crippen LogP contribution in [0, 0.1) is 0 Å². The predicted octanol–water partition coefficient (Wildman–Crippen LogP) is 7.56. The third-order valence-electron chi connectivity index (χ3n) is 5.92. The summed E-state index contributed by atoms with van der Waals surface area (Å²) in [6, 6.07) is 11.0. The molecule has 3 aliphatic rings. The molecule has 1 unspecified atom stereocenters. The molecule has 0 aliphatic heterocycles. The fraction of sp³-hybridized carbons (Fsp3) is 0.240. The van der Waals surface area contributed by atoms with Crippen LogP contribution in [0.25, 0.3) is 0 Å². The predicted molar refractivity (Wildman–Crippen MR) is 127 cm³/mol. The number of hydrogen-bond acceptors (Lipinski definition) is 0. The number of allylic oxidation sites excluding steroid dienone is 12. The van der Waals surface area contributed by atoms with Crippen LogP contribution in [0.1, 0.15) is 31.2 Å². The van der Waals surface area contributed by atoms with E-state index < -0.39 is 27.5 Å². The van der Waals surface area contributed by atoms with Crippen molar-refractivity contribution in [2.45, 2.75) is 38.8 Å². The normalized spacial score (nSPS) is 20.7. The first-order valence-electron chi connectivity index (χ1n) is 10.2. The first-order chi connectivity index (χ1) is 14.0. The Hall–Kier alpha value is -0.803. The quantitative estimate of drug-likeness (QED) is 0.312. The molecule has 3 aliphatic carbocycles. The Kier molecular flexibility index (Phi) is 6.75. The molecule has 0 spiro atoms. The molecule has 29 heavy (non-hydrogen) atoms. The molecule has 0 saturated heterocycles. The van der Waals surface area contributed by atoms with Gasteiger partial charge in [-0.3, -0.25) is 0 Å². The van der Waals surface area contributed by atoms with Crippen molar-refractivity contribution in [1.82, 2.24) is 0 Å². The van der Waals surface area contributed by atoms with Crippen LogP contribution >= 0.6 is 17.2 Å². The molecular formula is C25H25Cl2HfSi. The van der Waals surface area contributed by atoms with Gasteiger partial charge in [0.2, 0.25) is 0 Å². The van der Waals surface area contributed by atoms with Gasteiger partial charge in [0.15, 0.2) is 0 Å². The SMILES string of the molecule is CCC1=[C]([Hf]([Cl])[Cl])C2=CC=CC(=[Si](C)C)C(c3ccccc3)C2=C1C1=CC=CC1. The first kappa shape index (κ1) is 21.4. The molecule has 0 heterocycles. The fourth-order valence-corrected chi connectivity index (χ4v) is 13.0. The Balaban J connectivity index is 2.06. The van der Waals surface area contributed by atoms with Gasteiger partial charge >= 0.3 is 192 Å². The molecule has 1 atom stereocenters. The van der Waals surface area contributed by atoms with Crippen molar-refractivity contribution in [3.05, 3.63) is 104 Å². The molecule has 0 nitrogen and oxygen atoms in total. The molecule has 4 heteroatoms. The number of hydrogen-bond donors (Lipinski definition) is 0. The second-order valence-corrected chi connectivity index (χ2v) is 21.8.